The molecular formula is C13H22N2O3S. The monoisotopic (exact) mass is 286 g/mol. The lowest BCUT2D eigenvalue weighted by Gasteiger charge is -2.35. The molecular weight excluding hydrogens is 264 g/mol. The summed E-state index contributed by atoms with van der Waals surface area (Å²) in [6.45, 7) is 1.24. The van der Waals surface area contributed by atoms with Crippen molar-refractivity contribution >= 4 is 22.9 Å². The number of hydrogen-bond donors (Lipinski definition) is 1. The Kier molecular flexibility index (Phi) is 5.10. The van der Waals surface area contributed by atoms with Gasteiger partial charge in [0.05, 0.1) is 12.1 Å². The van der Waals surface area contributed by atoms with Crippen LogP contribution in [-0.4, -0.2) is 64.1 Å². The third-order valence-corrected chi connectivity index (χ3v) is 4.92. The maximum absolute atomic E-state index is 12.1. The van der Waals surface area contributed by atoms with Gasteiger partial charge in [0.15, 0.2) is 0 Å². The molecule has 0 bridgehead atoms. The lowest BCUT2D eigenvalue weighted by atomic mass is 9.91. The molecule has 2 fully saturated rings. The average molecular weight is 286 g/mol. The van der Waals surface area contributed by atoms with Crippen LogP contribution in [0.3, 0.4) is 0 Å². The smallest absolute Gasteiger partial charge is 0.281 e. The fourth-order valence-electron chi connectivity index (χ4n) is 2.76. The van der Waals surface area contributed by atoms with Crippen LogP contribution in [0.2, 0.25) is 0 Å². The molecule has 0 aromatic carbocycles. The summed E-state index contributed by atoms with van der Waals surface area (Å²) in [5.74, 6) is 0.847. The maximum atomic E-state index is 12.1. The number of likely N-dealkylation sites (N-methyl/N-ethyl adjacent to an activating group) is 1. The first-order chi connectivity index (χ1) is 9.09. The van der Waals surface area contributed by atoms with Crippen molar-refractivity contribution in [3.05, 3.63) is 0 Å². The first-order valence-corrected chi connectivity index (χ1v) is 7.93. The van der Waals surface area contributed by atoms with E-state index in [4.69, 9.17) is 0 Å². The number of amides is 2. The molecule has 1 aliphatic carbocycles. The summed E-state index contributed by atoms with van der Waals surface area (Å²) in [6, 6.07) is -0.0510. The maximum Gasteiger partial charge on any atom is 0.281 e. The molecule has 108 valence electrons. The van der Waals surface area contributed by atoms with Gasteiger partial charge in [0.1, 0.15) is 0 Å². The molecule has 1 N–H and O–H groups in total. The number of aliphatic hydroxyl groups excluding tert-OH is 1. The largest absolute Gasteiger partial charge is 0.391 e. The van der Waals surface area contributed by atoms with Crippen molar-refractivity contribution in [1.29, 1.82) is 0 Å². The Balaban J connectivity index is 1.80. The molecule has 5 nitrogen and oxygen atoms in total. The number of thioether (sulfide) groups is 1. The summed E-state index contributed by atoms with van der Waals surface area (Å²) in [5, 5.41) is 10.0. The van der Waals surface area contributed by atoms with Crippen LogP contribution < -0.4 is 0 Å². The number of carbonyl (C=O) groups is 2. The third kappa shape index (κ3) is 3.63. The van der Waals surface area contributed by atoms with Crippen LogP contribution in [0.25, 0.3) is 0 Å². The van der Waals surface area contributed by atoms with Gasteiger partial charge >= 0.3 is 0 Å². The van der Waals surface area contributed by atoms with Crippen LogP contribution in [0.4, 0.5) is 4.79 Å². The summed E-state index contributed by atoms with van der Waals surface area (Å²) < 4.78 is 0. The zero-order valence-electron chi connectivity index (χ0n) is 11.4. The molecule has 2 amide bonds. The lowest BCUT2D eigenvalue weighted by molar-refractivity contribution is -0.135. The van der Waals surface area contributed by atoms with Gasteiger partial charge in [-0.3, -0.25) is 9.59 Å². The van der Waals surface area contributed by atoms with Crippen LogP contribution in [0, 0.1) is 0 Å². The summed E-state index contributed by atoms with van der Waals surface area (Å²) in [5.41, 5.74) is 0. The minimum atomic E-state index is -0.397. The van der Waals surface area contributed by atoms with E-state index < -0.39 is 6.10 Å². The average Bonchev–Trinajstić information content (AvgIpc) is 2.81. The van der Waals surface area contributed by atoms with Gasteiger partial charge in [0, 0.05) is 32.3 Å². The minimum absolute atomic E-state index is 0.0237. The predicted molar refractivity (Wildman–Crippen MR) is 75.1 cm³/mol. The van der Waals surface area contributed by atoms with Crippen molar-refractivity contribution in [2.75, 3.05) is 25.9 Å². The van der Waals surface area contributed by atoms with Gasteiger partial charge in [-0.1, -0.05) is 24.6 Å². The molecule has 2 rings (SSSR count). The number of hydrogen-bond acceptors (Lipinski definition) is 4. The van der Waals surface area contributed by atoms with Crippen molar-refractivity contribution in [2.24, 2.45) is 0 Å². The normalized spacial score (nSPS) is 27.7. The van der Waals surface area contributed by atoms with Gasteiger partial charge in [-0.2, -0.15) is 0 Å². The van der Waals surface area contributed by atoms with E-state index in [1.807, 2.05) is 0 Å². The molecule has 0 aromatic rings. The first-order valence-electron chi connectivity index (χ1n) is 6.95. The van der Waals surface area contributed by atoms with Crippen LogP contribution in [0.1, 0.15) is 32.1 Å². The zero-order valence-corrected chi connectivity index (χ0v) is 12.2. The van der Waals surface area contributed by atoms with E-state index in [9.17, 15) is 14.7 Å². The molecule has 19 heavy (non-hydrogen) atoms. The molecule has 0 spiro atoms. The number of rotatable bonds is 4. The van der Waals surface area contributed by atoms with Gasteiger partial charge in [-0.15, -0.1) is 0 Å². The molecule has 2 aliphatic rings. The van der Waals surface area contributed by atoms with Crippen molar-refractivity contribution in [3.63, 3.8) is 0 Å². The molecule has 0 radical (unpaired) electrons. The van der Waals surface area contributed by atoms with E-state index in [0.717, 1.165) is 38.0 Å². The molecule has 1 heterocycles. The van der Waals surface area contributed by atoms with Gasteiger partial charge in [-0.05, 0) is 12.8 Å². The van der Waals surface area contributed by atoms with Crippen LogP contribution in [-0.2, 0) is 4.79 Å². The number of carbonyl (C=O) groups excluding carboxylic acids is 2. The highest BCUT2D eigenvalue weighted by atomic mass is 32.2. The topological polar surface area (TPSA) is 60.9 Å². The summed E-state index contributed by atoms with van der Waals surface area (Å²) in [7, 11) is 1.77. The molecule has 6 heteroatoms. The van der Waals surface area contributed by atoms with E-state index >= 15 is 0 Å². The van der Waals surface area contributed by atoms with Crippen LogP contribution in [0.5, 0.6) is 0 Å². The molecule has 2 unspecified atom stereocenters. The van der Waals surface area contributed by atoms with Crippen molar-refractivity contribution < 1.29 is 14.7 Å². The Morgan fingerprint density at radius 2 is 2.21 bits per heavy atom. The highest BCUT2D eigenvalue weighted by Gasteiger charge is 2.30. The molecule has 1 saturated heterocycles. The van der Waals surface area contributed by atoms with Crippen LogP contribution >= 0.6 is 11.8 Å². The Hall–Kier alpha value is -0.750. The second-order valence-electron chi connectivity index (χ2n) is 5.28. The predicted octanol–water partition coefficient (Wildman–Crippen LogP) is 1.31. The second-order valence-corrected chi connectivity index (χ2v) is 6.32. The Labute approximate surface area is 118 Å². The van der Waals surface area contributed by atoms with Gasteiger partial charge in [-0.25, -0.2) is 0 Å². The van der Waals surface area contributed by atoms with Gasteiger partial charge in [0.2, 0.25) is 5.91 Å². The van der Waals surface area contributed by atoms with E-state index in [1.54, 1.807) is 16.8 Å². The van der Waals surface area contributed by atoms with E-state index in [-0.39, 0.29) is 17.2 Å². The Bertz CT molecular complexity index is 351. The number of aliphatic hydroxyl groups is 1. The molecule has 1 aliphatic heterocycles. The van der Waals surface area contributed by atoms with E-state index in [2.05, 4.69) is 0 Å². The summed E-state index contributed by atoms with van der Waals surface area (Å²) >= 11 is 1.32. The quantitative estimate of drug-likeness (QED) is 0.846. The highest BCUT2D eigenvalue weighted by molar-refractivity contribution is 8.13. The zero-order chi connectivity index (χ0) is 13.8. The molecule has 2 atom stereocenters. The Morgan fingerprint density at radius 3 is 2.84 bits per heavy atom. The minimum Gasteiger partial charge on any atom is -0.391 e. The summed E-state index contributed by atoms with van der Waals surface area (Å²) in [4.78, 5) is 27.0. The van der Waals surface area contributed by atoms with Crippen molar-refractivity contribution in [3.8, 4) is 0 Å². The summed E-state index contributed by atoms with van der Waals surface area (Å²) in [6.07, 6.45) is 3.73. The molecule has 1 saturated carbocycles. The fraction of sp³-hybridized carbons (Fsp3) is 0.846. The first kappa shape index (κ1) is 14.7. The van der Waals surface area contributed by atoms with Gasteiger partial charge in [0.25, 0.3) is 5.24 Å². The van der Waals surface area contributed by atoms with Gasteiger partial charge < -0.3 is 14.9 Å². The van der Waals surface area contributed by atoms with Crippen LogP contribution in [0.15, 0.2) is 0 Å². The van der Waals surface area contributed by atoms with Crippen molar-refractivity contribution in [1.82, 2.24) is 9.80 Å². The van der Waals surface area contributed by atoms with E-state index in [1.165, 1.54) is 11.8 Å². The standard InChI is InChI=1S/C13H22N2O3S/c1-14(10-4-2-3-5-11(10)16)12(17)6-7-15-8-9-19-13(15)18/h10-11,16H,2-9H2,1H3. The highest BCUT2D eigenvalue weighted by Crippen LogP contribution is 2.23. The lowest BCUT2D eigenvalue weighted by Crippen LogP contribution is -2.47. The fourth-order valence-corrected chi connectivity index (χ4v) is 3.62. The number of nitrogens with zero attached hydrogens (tertiary/aromatic N) is 2. The Morgan fingerprint density at radius 1 is 1.47 bits per heavy atom. The van der Waals surface area contributed by atoms with Crippen molar-refractivity contribution in [2.45, 2.75) is 44.2 Å². The third-order valence-electron chi connectivity index (χ3n) is 4.03. The molecule has 0 aromatic heterocycles. The van der Waals surface area contributed by atoms with E-state index in [0.29, 0.717) is 13.0 Å². The second kappa shape index (κ2) is 6.61. The SMILES string of the molecule is CN(C(=O)CCN1CCSC1=O)C1CCCCC1O.